The van der Waals surface area contributed by atoms with E-state index in [0.717, 1.165) is 11.3 Å². The second kappa shape index (κ2) is 7.26. The van der Waals surface area contributed by atoms with Gasteiger partial charge in [-0.1, -0.05) is 24.3 Å². The average molecular weight is 324 g/mol. The summed E-state index contributed by atoms with van der Waals surface area (Å²) >= 11 is 3.13. The van der Waals surface area contributed by atoms with Gasteiger partial charge in [0.05, 0.1) is 4.47 Å². The monoisotopic (exact) mass is 323 g/mol. The molecule has 2 rings (SSSR count). The fraction of sp³-hybridized carbons (Fsp3) is 0.200. The molecule has 0 fully saturated rings. The fourth-order valence-electron chi connectivity index (χ4n) is 1.64. The molecule has 100 valence electrons. The summed E-state index contributed by atoms with van der Waals surface area (Å²) in [4.78, 5) is 0. The molecule has 0 bridgehead atoms. The van der Waals surface area contributed by atoms with E-state index in [2.05, 4.69) is 21.2 Å². The number of halogens is 2. The van der Waals surface area contributed by atoms with Gasteiger partial charge in [0.25, 0.3) is 0 Å². The first kappa shape index (κ1) is 14.0. The number of benzene rings is 2. The van der Waals surface area contributed by atoms with E-state index in [9.17, 15) is 4.39 Å². The summed E-state index contributed by atoms with van der Waals surface area (Å²) in [7, 11) is 0. The van der Waals surface area contributed by atoms with Crippen LogP contribution in [0, 0.1) is 5.82 Å². The Bertz CT molecular complexity index is 519. The minimum Gasteiger partial charge on any atom is -0.492 e. The summed E-state index contributed by atoms with van der Waals surface area (Å²) in [6, 6.07) is 14.8. The van der Waals surface area contributed by atoms with Crippen molar-refractivity contribution in [1.29, 1.82) is 0 Å². The molecule has 0 aromatic heterocycles. The fourth-order valence-corrected chi connectivity index (χ4v) is 1.89. The Morgan fingerprint density at radius 2 is 1.89 bits per heavy atom. The van der Waals surface area contributed by atoms with Crippen LogP contribution >= 0.6 is 15.9 Å². The van der Waals surface area contributed by atoms with Crippen LogP contribution in [0.25, 0.3) is 0 Å². The first-order valence-electron chi connectivity index (χ1n) is 6.08. The van der Waals surface area contributed by atoms with Crippen LogP contribution in [0.3, 0.4) is 0 Å². The molecule has 0 saturated heterocycles. The van der Waals surface area contributed by atoms with E-state index in [4.69, 9.17) is 4.74 Å². The van der Waals surface area contributed by atoms with Crippen molar-refractivity contribution >= 4 is 15.9 Å². The second-order valence-corrected chi connectivity index (χ2v) is 4.94. The van der Waals surface area contributed by atoms with Gasteiger partial charge in [-0.05, 0) is 45.8 Å². The molecule has 0 atom stereocenters. The SMILES string of the molecule is Fc1cc(CNCCOc2ccccc2)ccc1Br. The van der Waals surface area contributed by atoms with Crippen LogP contribution in [0.2, 0.25) is 0 Å². The standard InChI is InChI=1S/C15H15BrFNO/c16-14-7-6-12(10-15(14)17)11-18-8-9-19-13-4-2-1-3-5-13/h1-7,10,18H,8-9,11H2. The van der Waals surface area contributed by atoms with E-state index in [1.807, 2.05) is 36.4 Å². The Hall–Kier alpha value is -1.39. The third kappa shape index (κ3) is 4.65. The number of para-hydroxylation sites is 1. The van der Waals surface area contributed by atoms with Gasteiger partial charge < -0.3 is 10.1 Å². The molecule has 4 heteroatoms. The number of ether oxygens (including phenoxy) is 1. The van der Waals surface area contributed by atoms with Gasteiger partial charge in [-0.3, -0.25) is 0 Å². The normalized spacial score (nSPS) is 10.4. The summed E-state index contributed by atoms with van der Waals surface area (Å²) in [5.41, 5.74) is 0.917. The van der Waals surface area contributed by atoms with Crippen molar-refractivity contribution in [3.05, 3.63) is 64.4 Å². The minimum atomic E-state index is -0.236. The average Bonchev–Trinajstić information content (AvgIpc) is 2.43. The summed E-state index contributed by atoms with van der Waals surface area (Å²) in [5.74, 6) is 0.624. The topological polar surface area (TPSA) is 21.3 Å². The summed E-state index contributed by atoms with van der Waals surface area (Å²) < 4.78 is 19.3. The molecule has 0 aliphatic heterocycles. The number of hydrogen-bond donors (Lipinski definition) is 1. The van der Waals surface area contributed by atoms with E-state index in [0.29, 0.717) is 24.2 Å². The molecular formula is C15H15BrFNO. The van der Waals surface area contributed by atoms with E-state index < -0.39 is 0 Å². The molecule has 0 aliphatic rings. The highest BCUT2D eigenvalue weighted by Gasteiger charge is 2.00. The molecule has 2 nitrogen and oxygen atoms in total. The lowest BCUT2D eigenvalue weighted by Crippen LogP contribution is -2.20. The Morgan fingerprint density at radius 1 is 1.11 bits per heavy atom. The molecule has 0 unspecified atom stereocenters. The quantitative estimate of drug-likeness (QED) is 0.817. The molecule has 0 spiro atoms. The summed E-state index contributed by atoms with van der Waals surface area (Å²) in [6.45, 7) is 1.93. The number of hydrogen-bond acceptors (Lipinski definition) is 2. The predicted molar refractivity (Wildman–Crippen MR) is 77.7 cm³/mol. The Labute approximate surface area is 120 Å². The van der Waals surface area contributed by atoms with Gasteiger partial charge in [0, 0.05) is 13.1 Å². The third-order valence-electron chi connectivity index (χ3n) is 2.60. The van der Waals surface area contributed by atoms with Crippen LogP contribution < -0.4 is 10.1 Å². The zero-order chi connectivity index (χ0) is 13.5. The maximum atomic E-state index is 13.3. The Morgan fingerprint density at radius 3 is 2.63 bits per heavy atom. The van der Waals surface area contributed by atoms with Gasteiger partial charge in [0.2, 0.25) is 0 Å². The highest BCUT2D eigenvalue weighted by atomic mass is 79.9. The van der Waals surface area contributed by atoms with E-state index in [1.165, 1.54) is 6.07 Å². The van der Waals surface area contributed by atoms with Gasteiger partial charge in [-0.15, -0.1) is 0 Å². The van der Waals surface area contributed by atoms with Crippen molar-refractivity contribution in [1.82, 2.24) is 5.32 Å². The second-order valence-electron chi connectivity index (χ2n) is 4.09. The molecule has 19 heavy (non-hydrogen) atoms. The van der Waals surface area contributed by atoms with Crippen LogP contribution in [-0.2, 0) is 6.54 Å². The van der Waals surface area contributed by atoms with Crippen LogP contribution in [0.1, 0.15) is 5.56 Å². The lowest BCUT2D eigenvalue weighted by molar-refractivity contribution is 0.313. The minimum absolute atomic E-state index is 0.236. The van der Waals surface area contributed by atoms with Crippen LogP contribution in [0.4, 0.5) is 4.39 Å². The molecule has 0 saturated carbocycles. The van der Waals surface area contributed by atoms with Gasteiger partial charge in [0.1, 0.15) is 18.2 Å². The lowest BCUT2D eigenvalue weighted by Gasteiger charge is -2.08. The zero-order valence-electron chi connectivity index (χ0n) is 10.4. The van der Waals surface area contributed by atoms with Gasteiger partial charge in [-0.2, -0.15) is 0 Å². The van der Waals surface area contributed by atoms with E-state index in [-0.39, 0.29) is 5.82 Å². The van der Waals surface area contributed by atoms with Gasteiger partial charge >= 0.3 is 0 Å². The maximum absolute atomic E-state index is 13.3. The first-order chi connectivity index (χ1) is 9.25. The molecule has 0 aliphatic carbocycles. The van der Waals surface area contributed by atoms with Crippen molar-refractivity contribution in [2.45, 2.75) is 6.54 Å². The smallest absolute Gasteiger partial charge is 0.137 e. The van der Waals surface area contributed by atoms with Gasteiger partial charge in [0.15, 0.2) is 0 Å². The first-order valence-corrected chi connectivity index (χ1v) is 6.87. The molecule has 2 aromatic carbocycles. The van der Waals surface area contributed by atoms with E-state index >= 15 is 0 Å². The molecule has 0 radical (unpaired) electrons. The molecular weight excluding hydrogens is 309 g/mol. The Balaban J connectivity index is 1.68. The van der Waals surface area contributed by atoms with Crippen molar-refractivity contribution < 1.29 is 9.13 Å². The van der Waals surface area contributed by atoms with Crippen molar-refractivity contribution in [3.8, 4) is 5.75 Å². The third-order valence-corrected chi connectivity index (χ3v) is 3.25. The van der Waals surface area contributed by atoms with Crippen LogP contribution in [-0.4, -0.2) is 13.2 Å². The summed E-state index contributed by atoms with van der Waals surface area (Å²) in [6.07, 6.45) is 0. The van der Waals surface area contributed by atoms with Crippen molar-refractivity contribution in [2.75, 3.05) is 13.2 Å². The van der Waals surface area contributed by atoms with Crippen molar-refractivity contribution in [2.24, 2.45) is 0 Å². The highest BCUT2D eigenvalue weighted by Crippen LogP contribution is 2.16. The number of rotatable bonds is 6. The molecule has 2 aromatic rings. The molecule has 0 heterocycles. The lowest BCUT2D eigenvalue weighted by atomic mass is 10.2. The zero-order valence-corrected chi connectivity index (χ0v) is 12.0. The van der Waals surface area contributed by atoms with Crippen LogP contribution in [0.5, 0.6) is 5.75 Å². The summed E-state index contributed by atoms with van der Waals surface area (Å²) in [5, 5.41) is 3.21. The maximum Gasteiger partial charge on any atom is 0.137 e. The van der Waals surface area contributed by atoms with Crippen molar-refractivity contribution in [3.63, 3.8) is 0 Å². The van der Waals surface area contributed by atoms with E-state index in [1.54, 1.807) is 6.07 Å². The highest BCUT2D eigenvalue weighted by molar-refractivity contribution is 9.10. The predicted octanol–water partition coefficient (Wildman–Crippen LogP) is 3.76. The van der Waals surface area contributed by atoms with Gasteiger partial charge in [-0.25, -0.2) is 4.39 Å². The number of nitrogens with one attached hydrogen (secondary N) is 1. The molecule has 1 N–H and O–H groups in total. The Kier molecular flexibility index (Phi) is 5.36. The largest absolute Gasteiger partial charge is 0.492 e. The molecule has 0 amide bonds. The van der Waals surface area contributed by atoms with Crippen LogP contribution in [0.15, 0.2) is 53.0 Å².